The summed E-state index contributed by atoms with van der Waals surface area (Å²) in [5.74, 6) is -0.107. The Morgan fingerprint density at radius 1 is 1.08 bits per heavy atom. The third-order valence-electron chi connectivity index (χ3n) is 4.14. The highest BCUT2D eigenvalue weighted by molar-refractivity contribution is 9.10. The van der Waals surface area contributed by atoms with Crippen molar-refractivity contribution in [2.24, 2.45) is 7.05 Å². The first-order valence-corrected chi connectivity index (χ1v) is 8.40. The van der Waals surface area contributed by atoms with Gasteiger partial charge in [0.05, 0.1) is 11.0 Å². The molecule has 0 bridgehead atoms. The van der Waals surface area contributed by atoms with Gasteiger partial charge in [-0.15, -0.1) is 0 Å². The number of fused-ring (bicyclic) bond motifs is 1. The number of hydrogen-bond acceptors (Lipinski definition) is 2. The van der Waals surface area contributed by atoms with E-state index in [4.69, 9.17) is 0 Å². The topological polar surface area (TPSA) is 47.2 Å². The van der Waals surface area contributed by atoms with Crippen LogP contribution in [0.3, 0.4) is 0 Å². The minimum atomic E-state index is -0.182. The molecule has 0 atom stereocenters. The third kappa shape index (κ3) is 3.01. The van der Waals surface area contributed by atoms with Crippen molar-refractivity contribution in [2.75, 3.05) is 7.05 Å². The first-order valence-electron chi connectivity index (χ1n) is 7.60. The Hall–Kier alpha value is -2.34. The van der Waals surface area contributed by atoms with Crippen molar-refractivity contribution in [3.63, 3.8) is 0 Å². The van der Waals surface area contributed by atoms with Gasteiger partial charge in [0.1, 0.15) is 6.54 Å². The van der Waals surface area contributed by atoms with Crippen molar-refractivity contribution in [1.29, 1.82) is 0 Å². The van der Waals surface area contributed by atoms with Crippen molar-refractivity contribution < 1.29 is 4.79 Å². The van der Waals surface area contributed by atoms with Gasteiger partial charge in [-0.25, -0.2) is 4.79 Å². The number of aromatic nitrogens is 2. The van der Waals surface area contributed by atoms with Crippen LogP contribution in [-0.4, -0.2) is 27.0 Å². The van der Waals surface area contributed by atoms with Gasteiger partial charge in [0.25, 0.3) is 0 Å². The van der Waals surface area contributed by atoms with Crippen molar-refractivity contribution >= 4 is 32.9 Å². The fourth-order valence-corrected chi connectivity index (χ4v) is 3.15. The van der Waals surface area contributed by atoms with E-state index in [9.17, 15) is 9.59 Å². The molecule has 0 fully saturated rings. The van der Waals surface area contributed by atoms with Gasteiger partial charge >= 0.3 is 5.69 Å². The summed E-state index contributed by atoms with van der Waals surface area (Å²) in [6, 6.07) is 15.3. The van der Waals surface area contributed by atoms with Gasteiger partial charge in [-0.3, -0.25) is 13.9 Å². The number of rotatable bonds is 4. The van der Waals surface area contributed by atoms with Crippen LogP contribution in [0, 0.1) is 0 Å². The van der Waals surface area contributed by atoms with Crippen LogP contribution < -0.4 is 5.69 Å². The van der Waals surface area contributed by atoms with Crippen LogP contribution in [0.5, 0.6) is 0 Å². The maximum Gasteiger partial charge on any atom is 0.329 e. The van der Waals surface area contributed by atoms with E-state index in [1.54, 1.807) is 23.6 Å². The molecule has 5 nitrogen and oxygen atoms in total. The number of halogens is 1. The van der Waals surface area contributed by atoms with E-state index >= 15 is 0 Å². The molecule has 0 N–H and O–H groups in total. The van der Waals surface area contributed by atoms with Gasteiger partial charge in [0, 0.05) is 25.1 Å². The SMILES string of the molecule is CN(Cc1ccccc1Br)C(=O)Cn1c(=O)n(C)c2ccccc21. The Bertz CT molecular complexity index is 958. The van der Waals surface area contributed by atoms with Gasteiger partial charge in [0.15, 0.2) is 0 Å². The second kappa shape index (κ2) is 6.65. The summed E-state index contributed by atoms with van der Waals surface area (Å²) in [5, 5.41) is 0. The Morgan fingerprint density at radius 3 is 2.42 bits per heavy atom. The van der Waals surface area contributed by atoms with Crippen LogP contribution in [-0.2, 0) is 24.9 Å². The van der Waals surface area contributed by atoms with Crippen LogP contribution in [0.15, 0.2) is 57.8 Å². The monoisotopic (exact) mass is 387 g/mol. The highest BCUT2D eigenvalue weighted by Crippen LogP contribution is 2.18. The molecular formula is C18H18BrN3O2. The lowest BCUT2D eigenvalue weighted by Gasteiger charge is -2.18. The van der Waals surface area contributed by atoms with E-state index in [0.717, 1.165) is 21.1 Å². The normalized spacial score (nSPS) is 11.0. The zero-order chi connectivity index (χ0) is 17.3. The summed E-state index contributed by atoms with van der Waals surface area (Å²) in [5.41, 5.74) is 2.44. The second-order valence-electron chi connectivity index (χ2n) is 5.76. The van der Waals surface area contributed by atoms with Gasteiger partial charge in [-0.05, 0) is 23.8 Å². The lowest BCUT2D eigenvalue weighted by Crippen LogP contribution is -2.33. The van der Waals surface area contributed by atoms with E-state index in [2.05, 4.69) is 15.9 Å². The van der Waals surface area contributed by atoms with Crippen molar-refractivity contribution in [2.45, 2.75) is 13.1 Å². The summed E-state index contributed by atoms with van der Waals surface area (Å²) >= 11 is 3.49. The van der Waals surface area contributed by atoms with Crippen LogP contribution in [0.25, 0.3) is 11.0 Å². The van der Waals surface area contributed by atoms with Crippen LogP contribution in [0.4, 0.5) is 0 Å². The number of likely N-dealkylation sites (N-methyl/N-ethyl adjacent to an activating group) is 1. The molecule has 124 valence electrons. The molecule has 0 aliphatic rings. The quantitative estimate of drug-likeness (QED) is 0.690. The van der Waals surface area contributed by atoms with E-state index in [1.807, 2.05) is 48.5 Å². The van der Waals surface area contributed by atoms with Crippen LogP contribution in [0.2, 0.25) is 0 Å². The van der Waals surface area contributed by atoms with Gasteiger partial charge in [0.2, 0.25) is 5.91 Å². The summed E-state index contributed by atoms with van der Waals surface area (Å²) in [7, 11) is 3.47. The first-order chi connectivity index (χ1) is 11.5. The number of carbonyl (C=O) groups is 1. The Labute approximate surface area is 148 Å². The molecule has 0 aliphatic carbocycles. The number of para-hydroxylation sites is 2. The Kier molecular flexibility index (Phi) is 4.57. The fraction of sp³-hybridized carbons (Fsp3) is 0.222. The lowest BCUT2D eigenvalue weighted by molar-refractivity contribution is -0.131. The Morgan fingerprint density at radius 2 is 1.71 bits per heavy atom. The third-order valence-corrected chi connectivity index (χ3v) is 4.91. The molecule has 6 heteroatoms. The van der Waals surface area contributed by atoms with Gasteiger partial charge < -0.3 is 4.90 Å². The fourth-order valence-electron chi connectivity index (χ4n) is 2.74. The van der Waals surface area contributed by atoms with Crippen LogP contribution in [0.1, 0.15) is 5.56 Å². The van der Waals surface area contributed by atoms with Crippen LogP contribution >= 0.6 is 15.9 Å². The highest BCUT2D eigenvalue weighted by Gasteiger charge is 2.16. The van der Waals surface area contributed by atoms with Gasteiger partial charge in [-0.2, -0.15) is 0 Å². The van der Waals surface area contributed by atoms with Crippen molar-refractivity contribution in [1.82, 2.24) is 14.0 Å². The minimum Gasteiger partial charge on any atom is -0.340 e. The predicted molar refractivity (Wildman–Crippen MR) is 97.8 cm³/mol. The number of imidazole rings is 1. The molecule has 0 unspecified atom stereocenters. The van der Waals surface area contributed by atoms with Crippen molar-refractivity contribution in [3.05, 3.63) is 69.1 Å². The number of amides is 1. The lowest BCUT2D eigenvalue weighted by atomic mass is 10.2. The smallest absolute Gasteiger partial charge is 0.329 e. The average Bonchev–Trinajstić information content (AvgIpc) is 2.82. The zero-order valence-electron chi connectivity index (χ0n) is 13.6. The van der Waals surface area contributed by atoms with E-state index in [1.165, 1.54) is 4.57 Å². The molecule has 3 rings (SSSR count). The zero-order valence-corrected chi connectivity index (χ0v) is 15.2. The molecule has 0 saturated heterocycles. The molecule has 1 heterocycles. The van der Waals surface area contributed by atoms with Gasteiger partial charge in [-0.1, -0.05) is 46.3 Å². The minimum absolute atomic E-state index is 0.0289. The number of aryl methyl sites for hydroxylation is 1. The standard InChI is InChI=1S/C18H18BrN3O2/c1-20(11-13-7-3-4-8-14(13)19)17(23)12-22-16-10-6-5-9-15(16)21(2)18(22)24/h3-10H,11-12H2,1-2H3. The molecule has 0 saturated carbocycles. The van der Waals surface area contributed by atoms with E-state index in [-0.39, 0.29) is 18.1 Å². The molecule has 0 spiro atoms. The number of benzene rings is 2. The molecule has 3 aromatic rings. The maximum atomic E-state index is 12.6. The summed E-state index contributed by atoms with van der Waals surface area (Å²) in [4.78, 5) is 26.6. The molecular weight excluding hydrogens is 370 g/mol. The molecule has 1 amide bonds. The molecule has 0 aliphatic heterocycles. The number of carbonyl (C=O) groups excluding carboxylic acids is 1. The largest absolute Gasteiger partial charge is 0.340 e. The molecule has 0 radical (unpaired) electrons. The maximum absolute atomic E-state index is 12.6. The first kappa shape index (κ1) is 16.5. The summed E-state index contributed by atoms with van der Waals surface area (Å²) in [6.07, 6.45) is 0. The Balaban J connectivity index is 1.84. The summed E-state index contributed by atoms with van der Waals surface area (Å²) < 4.78 is 4.05. The second-order valence-corrected chi connectivity index (χ2v) is 6.61. The molecule has 1 aromatic heterocycles. The summed E-state index contributed by atoms with van der Waals surface area (Å²) in [6.45, 7) is 0.515. The van der Waals surface area contributed by atoms with Crippen molar-refractivity contribution in [3.8, 4) is 0 Å². The molecule has 24 heavy (non-hydrogen) atoms. The van der Waals surface area contributed by atoms with E-state index in [0.29, 0.717) is 6.54 Å². The molecule has 2 aromatic carbocycles. The van der Waals surface area contributed by atoms with E-state index < -0.39 is 0 Å². The number of nitrogens with zero attached hydrogens (tertiary/aromatic N) is 3. The number of hydrogen-bond donors (Lipinski definition) is 0. The highest BCUT2D eigenvalue weighted by atomic mass is 79.9. The predicted octanol–water partition coefficient (Wildman–Crippen LogP) is 2.76. The average molecular weight is 388 g/mol.